The maximum atomic E-state index is 11.7. The highest BCUT2D eigenvalue weighted by atomic mass is 16.4. The van der Waals surface area contributed by atoms with Crippen LogP contribution in [0.4, 0.5) is 0 Å². The van der Waals surface area contributed by atoms with Crippen LogP contribution in [0.3, 0.4) is 0 Å². The number of carbonyl (C=O) groups excluding carboxylic acids is 1. The van der Waals surface area contributed by atoms with Gasteiger partial charge >= 0.3 is 5.97 Å². The normalized spacial score (nSPS) is 11.8. The summed E-state index contributed by atoms with van der Waals surface area (Å²) >= 11 is 0. The van der Waals surface area contributed by atoms with Gasteiger partial charge in [-0.15, -0.1) is 0 Å². The lowest BCUT2D eigenvalue weighted by atomic mass is 10.0. The Morgan fingerprint density at radius 1 is 1.26 bits per heavy atom. The SMILES string of the molecule is CCNCCC(=O)NC(CC(=O)O)c1ccccc1. The monoisotopic (exact) mass is 264 g/mol. The number of rotatable bonds is 8. The van der Waals surface area contributed by atoms with Crippen molar-refractivity contribution in [2.45, 2.75) is 25.8 Å². The molecule has 0 radical (unpaired) electrons. The van der Waals surface area contributed by atoms with Gasteiger partial charge in [0.2, 0.25) is 5.91 Å². The number of carboxylic acids is 1. The average molecular weight is 264 g/mol. The summed E-state index contributed by atoms with van der Waals surface area (Å²) in [5.41, 5.74) is 0.807. The zero-order valence-corrected chi connectivity index (χ0v) is 11.1. The van der Waals surface area contributed by atoms with E-state index in [1.54, 1.807) is 0 Å². The Balaban J connectivity index is 2.60. The average Bonchev–Trinajstić information content (AvgIpc) is 2.39. The molecule has 0 aromatic heterocycles. The molecule has 0 saturated carbocycles. The van der Waals surface area contributed by atoms with Crippen LogP contribution in [0.15, 0.2) is 30.3 Å². The molecule has 0 spiro atoms. The lowest BCUT2D eigenvalue weighted by Crippen LogP contribution is -2.32. The minimum Gasteiger partial charge on any atom is -0.481 e. The largest absolute Gasteiger partial charge is 0.481 e. The van der Waals surface area contributed by atoms with Crippen LogP contribution < -0.4 is 10.6 Å². The molecule has 5 nitrogen and oxygen atoms in total. The Hall–Kier alpha value is -1.88. The Morgan fingerprint density at radius 2 is 1.95 bits per heavy atom. The van der Waals surface area contributed by atoms with E-state index < -0.39 is 12.0 Å². The zero-order valence-electron chi connectivity index (χ0n) is 11.1. The molecule has 1 rings (SSSR count). The van der Waals surface area contributed by atoms with E-state index in [4.69, 9.17) is 5.11 Å². The number of carboxylic acid groups (broad SMARTS) is 1. The molecule has 1 aromatic carbocycles. The van der Waals surface area contributed by atoms with Crippen molar-refractivity contribution in [3.8, 4) is 0 Å². The highest BCUT2D eigenvalue weighted by Crippen LogP contribution is 2.16. The second-order valence-electron chi connectivity index (χ2n) is 4.23. The standard InChI is InChI=1S/C14H20N2O3/c1-2-15-9-8-13(17)16-12(10-14(18)19)11-6-4-3-5-7-11/h3-7,12,15H,2,8-10H2,1H3,(H,16,17)(H,18,19). The lowest BCUT2D eigenvalue weighted by molar-refractivity contribution is -0.137. The van der Waals surface area contributed by atoms with E-state index in [1.165, 1.54) is 0 Å². The molecule has 0 bridgehead atoms. The molecule has 0 heterocycles. The van der Waals surface area contributed by atoms with Gasteiger partial charge in [-0.1, -0.05) is 37.3 Å². The molecule has 1 amide bonds. The van der Waals surface area contributed by atoms with Crippen molar-refractivity contribution in [2.24, 2.45) is 0 Å². The summed E-state index contributed by atoms with van der Waals surface area (Å²) in [6.45, 7) is 3.37. The molecule has 0 aliphatic carbocycles. The van der Waals surface area contributed by atoms with Crippen LogP contribution in [0.2, 0.25) is 0 Å². The van der Waals surface area contributed by atoms with E-state index >= 15 is 0 Å². The lowest BCUT2D eigenvalue weighted by Gasteiger charge is -2.17. The van der Waals surface area contributed by atoms with E-state index in [1.807, 2.05) is 37.3 Å². The van der Waals surface area contributed by atoms with Crippen LogP contribution in [0.5, 0.6) is 0 Å². The van der Waals surface area contributed by atoms with Gasteiger partial charge in [0.05, 0.1) is 12.5 Å². The van der Waals surface area contributed by atoms with E-state index in [-0.39, 0.29) is 12.3 Å². The molecule has 1 aromatic rings. The highest BCUT2D eigenvalue weighted by molar-refractivity contribution is 5.77. The van der Waals surface area contributed by atoms with Gasteiger partial charge in [0.1, 0.15) is 0 Å². The van der Waals surface area contributed by atoms with Crippen molar-refractivity contribution in [3.05, 3.63) is 35.9 Å². The fourth-order valence-corrected chi connectivity index (χ4v) is 1.76. The molecule has 0 aliphatic heterocycles. The summed E-state index contributed by atoms with van der Waals surface area (Å²) in [5.74, 6) is -1.07. The van der Waals surface area contributed by atoms with E-state index in [0.717, 1.165) is 12.1 Å². The number of nitrogens with one attached hydrogen (secondary N) is 2. The maximum Gasteiger partial charge on any atom is 0.305 e. The molecule has 1 unspecified atom stereocenters. The number of carbonyl (C=O) groups is 2. The third-order valence-corrected chi connectivity index (χ3v) is 2.69. The highest BCUT2D eigenvalue weighted by Gasteiger charge is 2.17. The van der Waals surface area contributed by atoms with Gasteiger partial charge in [0, 0.05) is 13.0 Å². The van der Waals surface area contributed by atoms with Gasteiger partial charge in [0.15, 0.2) is 0 Å². The maximum absolute atomic E-state index is 11.7. The molecule has 1 atom stereocenters. The van der Waals surface area contributed by atoms with Crippen LogP contribution in [0.1, 0.15) is 31.4 Å². The van der Waals surface area contributed by atoms with Gasteiger partial charge in [-0.05, 0) is 12.1 Å². The van der Waals surface area contributed by atoms with Crippen molar-refractivity contribution in [2.75, 3.05) is 13.1 Å². The molecular weight excluding hydrogens is 244 g/mol. The quantitative estimate of drug-likeness (QED) is 0.619. The third-order valence-electron chi connectivity index (χ3n) is 2.69. The van der Waals surface area contributed by atoms with E-state index in [2.05, 4.69) is 10.6 Å². The molecule has 0 fully saturated rings. The van der Waals surface area contributed by atoms with Gasteiger partial charge < -0.3 is 15.7 Å². The van der Waals surface area contributed by atoms with Crippen molar-refractivity contribution in [1.29, 1.82) is 0 Å². The van der Waals surface area contributed by atoms with Crippen LogP contribution in [0.25, 0.3) is 0 Å². The van der Waals surface area contributed by atoms with Crippen LogP contribution in [0, 0.1) is 0 Å². The van der Waals surface area contributed by atoms with Gasteiger partial charge in [-0.3, -0.25) is 9.59 Å². The van der Waals surface area contributed by atoms with Crippen molar-refractivity contribution >= 4 is 11.9 Å². The Labute approximate surface area is 113 Å². The van der Waals surface area contributed by atoms with Gasteiger partial charge in [-0.25, -0.2) is 0 Å². The number of amides is 1. The topological polar surface area (TPSA) is 78.4 Å². The molecule has 3 N–H and O–H groups in total. The first-order valence-corrected chi connectivity index (χ1v) is 6.40. The first kappa shape index (κ1) is 15.2. The second kappa shape index (κ2) is 8.26. The van der Waals surface area contributed by atoms with Crippen molar-refractivity contribution < 1.29 is 14.7 Å². The number of aliphatic carboxylic acids is 1. The Kier molecular flexibility index (Phi) is 6.60. The third kappa shape index (κ3) is 6.01. The minimum absolute atomic E-state index is 0.114. The summed E-state index contributed by atoms with van der Waals surface area (Å²) in [7, 11) is 0. The first-order chi connectivity index (χ1) is 9.13. The smallest absolute Gasteiger partial charge is 0.305 e. The van der Waals surface area contributed by atoms with E-state index in [0.29, 0.717) is 13.0 Å². The van der Waals surface area contributed by atoms with Gasteiger partial charge in [-0.2, -0.15) is 0 Å². The number of hydrogen-bond acceptors (Lipinski definition) is 3. The summed E-state index contributed by atoms with van der Waals surface area (Å²) in [4.78, 5) is 22.6. The van der Waals surface area contributed by atoms with Crippen LogP contribution in [-0.2, 0) is 9.59 Å². The zero-order chi connectivity index (χ0) is 14.1. The van der Waals surface area contributed by atoms with Gasteiger partial charge in [0.25, 0.3) is 0 Å². The summed E-state index contributed by atoms with van der Waals surface area (Å²) < 4.78 is 0. The summed E-state index contributed by atoms with van der Waals surface area (Å²) in [5, 5.41) is 14.7. The number of hydrogen-bond donors (Lipinski definition) is 3. The first-order valence-electron chi connectivity index (χ1n) is 6.40. The van der Waals surface area contributed by atoms with Crippen molar-refractivity contribution in [3.63, 3.8) is 0 Å². The molecule has 19 heavy (non-hydrogen) atoms. The fourth-order valence-electron chi connectivity index (χ4n) is 1.76. The Bertz CT molecular complexity index is 406. The molecule has 0 aliphatic rings. The molecule has 104 valence electrons. The Morgan fingerprint density at radius 3 is 2.53 bits per heavy atom. The minimum atomic E-state index is -0.930. The summed E-state index contributed by atoms with van der Waals surface area (Å²) in [6.07, 6.45) is 0.230. The molecule has 0 saturated heterocycles. The molecule has 5 heteroatoms. The van der Waals surface area contributed by atoms with Crippen LogP contribution >= 0.6 is 0 Å². The van der Waals surface area contributed by atoms with E-state index in [9.17, 15) is 9.59 Å². The predicted molar refractivity (Wildman–Crippen MR) is 72.7 cm³/mol. The van der Waals surface area contributed by atoms with Crippen molar-refractivity contribution in [1.82, 2.24) is 10.6 Å². The predicted octanol–water partition coefficient (Wildman–Crippen LogP) is 1.32. The molecular formula is C14H20N2O3. The van der Waals surface area contributed by atoms with Crippen LogP contribution in [-0.4, -0.2) is 30.1 Å². The number of benzene rings is 1. The summed E-state index contributed by atoms with van der Waals surface area (Å²) in [6, 6.07) is 8.67. The fraction of sp³-hybridized carbons (Fsp3) is 0.429. The second-order valence-corrected chi connectivity index (χ2v) is 4.23.